The molecule has 1 aromatic carbocycles. The number of aliphatic hydroxyl groups excluding tert-OH is 1. The monoisotopic (exact) mass is 281 g/mol. The summed E-state index contributed by atoms with van der Waals surface area (Å²) in [4.78, 5) is 22.7. The largest absolute Gasteiger partial charge is 0.465 e. The van der Waals surface area contributed by atoms with Gasteiger partial charge in [-0.05, 0) is 24.3 Å². The van der Waals surface area contributed by atoms with Gasteiger partial charge in [0.25, 0.3) is 0 Å². The van der Waals surface area contributed by atoms with E-state index in [9.17, 15) is 9.59 Å². The average molecular weight is 281 g/mol. The van der Waals surface area contributed by atoms with Gasteiger partial charge in [0.15, 0.2) is 0 Å². The fourth-order valence-corrected chi connectivity index (χ4v) is 2.10. The standard InChI is InChI=1S/C14H19NO5/c1-10(9-16)7-12(15(13(17)18)14(19)20)8-11-5-3-2-4-6-11/h2-6,10,12,16H,7-9H2,1H3,(H,17,18)(H,19,20)/t10-,12+/m0/s1. The van der Waals surface area contributed by atoms with Gasteiger partial charge in [-0.1, -0.05) is 37.3 Å². The van der Waals surface area contributed by atoms with Crippen molar-refractivity contribution in [3.63, 3.8) is 0 Å². The van der Waals surface area contributed by atoms with Crippen molar-refractivity contribution >= 4 is 12.2 Å². The Balaban J connectivity index is 2.94. The van der Waals surface area contributed by atoms with Crippen LogP contribution in [-0.2, 0) is 6.42 Å². The molecule has 0 heterocycles. The Morgan fingerprint density at radius 3 is 2.15 bits per heavy atom. The second-order valence-electron chi connectivity index (χ2n) is 4.80. The van der Waals surface area contributed by atoms with E-state index in [1.165, 1.54) is 0 Å². The topological polar surface area (TPSA) is 98.1 Å². The van der Waals surface area contributed by atoms with Crippen molar-refractivity contribution in [3.05, 3.63) is 35.9 Å². The first-order valence-corrected chi connectivity index (χ1v) is 6.35. The van der Waals surface area contributed by atoms with Gasteiger partial charge in [-0.2, -0.15) is 0 Å². The van der Waals surface area contributed by atoms with Crippen LogP contribution >= 0.6 is 0 Å². The van der Waals surface area contributed by atoms with Gasteiger partial charge >= 0.3 is 12.2 Å². The summed E-state index contributed by atoms with van der Waals surface area (Å²) in [5, 5.41) is 27.2. The summed E-state index contributed by atoms with van der Waals surface area (Å²) in [6.45, 7) is 1.64. The maximum absolute atomic E-state index is 11.1. The number of imide groups is 1. The van der Waals surface area contributed by atoms with E-state index in [2.05, 4.69) is 0 Å². The number of benzene rings is 1. The third-order valence-electron chi connectivity index (χ3n) is 3.08. The molecule has 0 aliphatic rings. The molecule has 20 heavy (non-hydrogen) atoms. The zero-order valence-electron chi connectivity index (χ0n) is 11.3. The number of hydrogen-bond donors (Lipinski definition) is 3. The van der Waals surface area contributed by atoms with Crippen LogP contribution in [0.15, 0.2) is 30.3 Å². The first kappa shape index (κ1) is 16.0. The molecule has 1 rings (SSSR count). The molecule has 3 N–H and O–H groups in total. The van der Waals surface area contributed by atoms with E-state index < -0.39 is 18.2 Å². The molecular formula is C14H19NO5. The molecule has 0 radical (unpaired) electrons. The van der Waals surface area contributed by atoms with Crippen LogP contribution < -0.4 is 0 Å². The van der Waals surface area contributed by atoms with E-state index >= 15 is 0 Å². The van der Waals surface area contributed by atoms with Crippen LogP contribution in [-0.4, -0.2) is 45.1 Å². The van der Waals surface area contributed by atoms with Gasteiger partial charge in [0.1, 0.15) is 0 Å². The predicted molar refractivity (Wildman–Crippen MR) is 72.7 cm³/mol. The highest BCUT2D eigenvalue weighted by Crippen LogP contribution is 2.17. The first-order valence-electron chi connectivity index (χ1n) is 6.35. The summed E-state index contributed by atoms with van der Waals surface area (Å²) in [6, 6.07) is 8.38. The summed E-state index contributed by atoms with van der Waals surface area (Å²) < 4.78 is 0. The highest BCUT2D eigenvalue weighted by atomic mass is 16.4. The molecule has 0 saturated heterocycles. The molecule has 1 aromatic rings. The van der Waals surface area contributed by atoms with Gasteiger partial charge in [-0.25, -0.2) is 14.5 Å². The third-order valence-corrected chi connectivity index (χ3v) is 3.08. The first-order chi connectivity index (χ1) is 9.45. The summed E-state index contributed by atoms with van der Waals surface area (Å²) in [5.74, 6) is -0.176. The van der Waals surface area contributed by atoms with Gasteiger partial charge in [-0.3, -0.25) is 0 Å². The highest BCUT2D eigenvalue weighted by Gasteiger charge is 2.30. The molecule has 0 saturated carbocycles. The lowest BCUT2D eigenvalue weighted by Gasteiger charge is -2.27. The summed E-state index contributed by atoms with van der Waals surface area (Å²) >= 11 is 0. The van der Waals surface area contributed by atoms with Crippen molar-refractivity contribution in [3.8, 4) is 0 Å². The Kier molecular flexibility index (Phi) is 5.99. The lowest BCUT2D eigenvalue weighted by molar-refractivity contribution is 0.0957. The number of aliphatic hydroxyl groups is 1. The van der Waals surface area contributed by atoms with Crippen LogP contribution in [0.5, 0.6) is 0 Å². The van der Waals surface area contributed by atoms with Crippen molar-refractivity contribution in [2.24, 2.45) is 5.92 Å². The number of rotatable bonds is 6. The smallest absolute Gasteiger partial charge is 0.417 e. The Hall–Kier alpha value is -2.08. The maximum Gasteiger partial charge on any atom is 0.417 e. The van der Waals surface area contributed by atoms with Crippen molar-refractivity contribution in [2.45, 2.75) is 25.8 Å². The quantitative estimate of drug-likeness (QED) is 0.743. The number of carbonyl (C=O) groups is 2. The predicted octanol–water partition coefficient (Wildman–Crippen LogP) is 2.27. The molecule has 0 unspecified atom stereocenters. The number of hydrogen-bond acceptors (Lipinski definition) is 3. The second-order valence-corrected chi connectivity index (χ2v) is 4.80. The lowest BCUT2D eigenvalue weighted by atomic mass is 9.95. The second kappa shape index (κ2) is 7.49. The summed E-state index contributed by atoms with van der Waals surface area (Å²) in [6.07, 6.45) is -2.42. The van der Waals surface area contributed by atoms with E-state index in [1.807, 2.05) is 30.3 Å². The molecular weight excluding hydrogens is 262 g/mol. The third kappa shape index (κ3) is 4.55. The zero-order chi connectivity index (χ0) is 15.1. The van der Waals surface area contributed by atoms with Crippen molar-refractivity contribution in [2.75, 3.05) is 6.61 Å². The Morgan fingerprint density at radius 1 is 1.15 bits per heavy atom. The lowest BCUT2D eigenvalue weighted by Crippen LogP contribution is -2.45. The molecule has 6 heteroatoms. The van der Waals surface area contributed by atoms with E-state index in [0.717, 1.165) is 5.56 Å². The number of nitrogens with zero attached hydrogens (tertiary/aromatic N) is 1. The molecule has 2 amide bonds. The minimum absolute atomic E-state index is 0.113. The van der Waals surface area contributed by atoms with Crippen LogP contribution in [0.4, 0.5) is 9.59 Å². The van der Waals surface area contributed by atoms with Gasteiger partial charge in [0.05, 0.1) is 6.04 Å². The fraction of sp³-hybridized carbons (Fsp3) is 0.429. The van der Waals surface area contributed by atoms with Crippen LogP contribution in [0.3, 0.4) is 0 Å². The van der Waals surface area contributed by atoms with E-state index in [4.69, 9.17) is 15.3 Å². The van der Waals surface area contributed by atoms with Crippen molar-refractivity contribution in [1.29, 1.82) is 0 Å². The fourth-order valence-electron chi connectivity index (χ4n) is 2.10. The van der Waals surface area contributed by atoms with E-state index in [0.29, 0.717) is 11.3 Å². The molecule has 0 aliphatic carbocycles. The van der Waals surface area contributed by atoms with Gasteiger partial charge in [0, 0.05) is 6.61 Å². The minimum atomic E-state index is -1.50. The Morgan fingerprint density at radius 2 is 1.70 bits per heavy atom. The zero-order valence-corrected chi connectivity index (χ0v) is 11.3. The average Bonchev–Trinajstić information content (AvgIpc) is 2.38. The molecule has 0 aliphatic heterocycles. The SMILES string of the molecule is C[C@H](CO)C[C@H](Cc1ccccc1)N(C(=O)O)C(=O)O. The Bertz CT molecular complexity index is 434. The van der Waals surface area contributed by atoms with Crippen LogP contribution in [0.1, 0.15) is 18.9 Å². The van der Waals surface area contributed by atoms with Gasteiger partial charge in [0.2, 0.25) is 0 Å². The van der Waals surface area contributed by atoms with Gasteiger partial charge < -0.3 is 15.3 Å². The van der Waals surface area contributed by atoms with Crippen molar-refractivity contribution < 1.29 is 24.9 Å². The molecule has 110 valence electrons. The molecule has 0 spiro atoms. The summed E-state index contributed by atoms with van der Waals surface area (Å²) in [7, 11) is 0. The van der Waals surface area contributed by atoms with Gasteiger partial charge in [-0.15, -0.1) is 0 Å². The number of carboxylic acid groups (broad SMARTS) is 2. The Labute approximate surface area is 117 Å². The van der Waals surface area contributed by atoms with Crippen LogP contribution in [0, 0.1) is 5.92 Å². The highest BCUT2D eigenvalue weighted by molar-refractivity contribution is 5.86. The van der Waals surface area contributed by atoms with Crippen LogP contribution in [0.2, 0.25) is 0 Å². The normalized spacial score (nSPS) is 13.5. The molecule has 0 fully saturated rings. The number of amides is 2. The maximum atomic E-state index is 11.1. The molecule has 0 aromatic heterocycles. The van der Waals surface area contributed by atoms with Crippen molar-refractivity contribution in [1.82, 2.24) is 4.90 Å². The summed E-state index contributed by atoms with van der Waals surface area (Å²) in [5.41, 5.74) is 0.857. The molecule has 2 atom stereocenters. The minimum Gasteiger partial charge on any atom is -0.465 e. The van der Waals surface area contributed by atoms with Crippen LogP contribution in [0.25, 0.3) is 0 Å². The molecule has 6 nitrogen and oxygen atoms in total. The van der Waals surface area contributed by atoms with E-state index in [-0.39, 0.29) is 18.9 Å². The molecule has 0 bridgehead atoms. The van der Waals surface area contributed by atoms with E-state index in [1.54, 1.807) is 6.92 Å².